The molecule has 0 radical (unpaired) electrons. The molecule has 6 nitrogen and oxygen atoms in total. The molecule has 2 heterocycles. The third-order valence-electron chi connectivity index (χ3n) is 5.07. The number of hydrogen-bond acceptors (Lipinski definition) is 6. The lowest BCUT2D eigenvalue weighted by Crippen LogP contribution is -2.14. The van der Waals surface area contributed by atoms with E-state index in [0.29, 0.717) is 27.2 Å². The van der Waals surface area contributed by atoms with Gasteiger partial charge in [0.15, 0.2) is 5.16 Å². The smallest absolute Gasteiger partial charge is 0.235 e. The number of nitriles is 1. The zero-order valence-electron chi connectivity index (χ0n) is 16.4. The van der Waals surface area contributed by atoms with Crippen LogP contribution < -0.4 is 5.32 Å². The van der Waals surface area contributed by atoms with Crippen LogP contribution in [0.15, 0.2) is 29.4 Å². The highest BCUT2D eigenvalue weighted by Crippen LogP contribution is 2.37. The molecule has 4 rings (SSSR count). The number of carbonyl (C=O) groups excluding carboxylic acids is 1. The van der Waals surface area contributed by atoms with Crippen molar-refractivity contribution >= 4 is 45.6 Å². The van der Waals surface area contributed by atoms with Gasteiger partial charge in [0, 0.05) is 23.4 Å². The summed E-state index contributed by atoms with van der Waals surface area (Å²) in [5.74, 6) is 0.885. The van der Waals surface area contributed by atoms with E-state index in [4.69, 9.17) is 11.6 Å². The summed E-state index contributed by atoms with van der Waals surface area (Å²) in [6.45, 7) is 0. The Balaban J connectivity index is 1.38. The quantitative estimate of drug-likeness (QED) is 0.547. The molecular formula is C21H20ClN5OS2. The average molecular weight is 458 g/mol. The molecule has 0 saturated carbocycles. The average Bonchev–Trinajstić information content (AvgIpc) is 3.27. The van der Waals surface area contributed by atoms with E-state index < -0.39 is 0 Å². The fourth-order valence-electron chi connectivity index (χ4n) is 3.47. The first-order chi connectivity index (χ1) is 14.5. The summed E-state index contributed by atoms with van der Waals surface area (Å²) in [5, 5.41) is 23.0. The lowest BCUT2D eigenvalue weighted by molar-refractivity contribution is -0.113. The molecule has 3 aromatic rings. The van der Waals surface area contributed by atoms with Crippen LogP contribution in [0.25, 0.3) is 0 Å². The normalized spacial score (nSPS) is 13.0. The molecule has 1 aliphatic carbocycles. The summed E-state index contributed by atoms with van der Waals surface area (Å²) < 4.78 is 1.90. The maximum Gasteiger partial charge on any atom is 0.235 e. The number of anilines is 1. The van der Waals surface area contributed by atoms with Gasteiger partial charge in [-0.25, -0.2) is 0 Å². The Hall–Kier alpha value is -2.34. The van der Waals surface area contributed by atoms with Gasteiger partial charge in [0.25, 0.3) is 0 Å². The van der Waals surface area contributed by atoms with Crippen LogP contribution >= 0.6 is 34.7 Å². The standard InChI is InChI=1S/C21H20ClN5OS2/c1-27-18(10-13-6-8-14(22)9-7-13)25-26-21(27)29-12-19(28)24-20-16(11-23)15-4-2-3-5-17(15)30-20/h6-9H,2-5,10,12H2,1H3,(H,24,28). The van der Waals surface area contributed by atoms with E-state index in [1.54, 1.807) is 0 Å². The number of benzene rings is 1. The highest BCUT2D eigenvalue weighted by molar-refractivity contribution is 7.99. The van der Waals surface area contributed by atoms with Gasteiger partial charge in [-0.1, -0.05) is 35.5 Å². The molecular weight excluding hydrogens is 438 g/mol. The fourth-order valence-corrected chi connectivity index (χ4v) is 5.59. The van der Waals surface area contributed by atoms with Crippen LogP contribution in [0.3, 0.4) is 0 Å². The van der Waals surface area contributed by atoms with Gasteiger partial charge in [-0.15, -0.1) is 21.5 Å². The number of nitrogens with zero attached hydrogens (tertiary/aromatic N) is 4. The zero-order chi connectivity index (χ0) is 21.1. The molecule has 0 saturated heterocycles. The van der Waals surface area contributed by atoms with Crippen molar-refractivity contribution in [3.05, 3.63) is 56.7 Å². The van der Waals surface area contributed by atoms with Crippen LogP contribution in [-0.4, -0.2) is 26.4 Å². The van der Waals surface area contributed by atoms with E-state index >= 15 is 0 Å². The first kappa shape index (κ1) is 20.9. The van der Waals surface area contributed by atoms with Crippen LogP contribution in [0.4, 0.5) is 5.00 Å². The van der Waals surface area contributed by atoms with Crippen molar-refractivity contribution in [1.82, 2.24) is 14.8 Å². The Morgan fingerprint density at radius 3 is 2.83 bits per heavy atom. The van der Waals surface area contributed by atoms with Crippen molar-refractivity contribution in [2.75, 3.05) is 11.1 Å². The summed E-state index contributed by atoms with van der Waals surface area (Å²) >= 11 is 8.81. The molecule has 0 atom stereocenters. The number of amides is 1. The summed E-state index contributed by atoms with van der Waals surface area (Å²) in [4.78, 5) is 13.7. The molecule has 1 N–H and O–H groups in total. The molecule has 0 aliphatic heterocycles. The van der Waals surface area contributed by atoms with Crippen molar-refractivity contribution in [2.45, 2.75) is 37.3 Å². The largest absolute Gasteiger partial charge is 0.316 e. The molecule has 1 aliphatic rings. The second kappa shape index (κ2) is 9.21. The molecule has 0 spiro atoms. The lowest BCUT2D eigenvalue weighted by Gasteiger charge is -2.09. The van der Waals surface area contributed by atoms with E-state index in [-0.39, 0.29) is 11.7 Å². The molecule has 154 valence electrons. The van der Waals surface area contributed by atoms with Crippen LogP contribution in [0.1, 0.15) is 40.2 Å². The number of carbonyl (C=O) groups is 1. The van der Waals surface area contributed by atoms with E-state index in [1.807, 2.05) is 35.9 Å². The number of halogens is 1. The van der Waals surface area contributed by atoms with Gasteiger partial charge >= 0.3 is 0 Å². The maximum absolute atomic E-state index is 12.5. The Kier molecular flexibility index (Phi) is 6.42. The topological polar surface area (TPSA) is 83.6 Å². The molecule has 0 bridgehead atoms. The van der Waals surface area contributed by atoms with Crippen molar-refractivity contribution in [3.63, 3.8) is 0 Å². The lowest BCUT2D eigenvalue weighted by atomic mass is 9.96. The molecule has 0 fully saturated rings. The second-order valence-electron chi connectivity index (χ2n) is 7.12. The van der Waals surface area contributed by atoms with Crippen LogP contribution in [0.2, 0.25) is 5.02 Å². The predicted molar refractivity (Wildman–Crippen MR) is 120 cm³/mol. The molecule has 2 aromatic heterocycles. The second-order valence-corrected chi connectivity index (χ2v) is 9.61. The highest BCUT2D eigenvalue weighted by Gasteiger charge is 2.22. The van der Waals surface area contributed by atoms with Gasteiger partial charge in [0.05, 0.1) is 11.3 Å². The number of rotatable bonds is 6. The van der Waals surface area contributed by atoms with E-state index in [9.17, 15) is 10.1 Å². The van der Waals surface area contributed by atoms with Crippen LogP contribution in [0.5, 0.6) is 0 Å². The van der Waals surface area contributed by atoms with Crippen molar-refractivity contribution in [1.29, 1.82) is 5.26 Å². The van der Waals surface area contributed by atoms with Crippen molar-refractivity contribution in [2.24, 2.45) is 7.05 Å². The Bertz CT molecular complexity index is 1110. The SMILES string of the molecule is Cn1c(Cc2ccc(Cl)cc2)nnc1SCC(=O)Nc1sc2c(c1C#N)CCCC2. The first-order valence-electron chi connectivity index (χ1n) is 9.65. The van der Waals surface area contributed by atoms with Gasteiger partial charge in [-0.2, -0.15) is 5.26 Å². The van der Waals surface area contributed by atoms with Gasteiger partial charge in [0.2, 0.25) is 5.91 Å². The third-order valence-corrected chi connectivity index (χ3v) is 7.55. The maximum atomic E-state index is 12.5. The number of hydrogen-bond donors (Lipinski definition) is 1. The first-order valence-corrected chi connectivity index (χ1v) is 11.8. The molecule has 1 aromatic carbocycles. The van der Waals surface area contributed by atoms with Crippen LogP contribution in [-0.2, 0) is 31.1 Å². The minimum absolute atomic E-state index is 0.141. The number of thioether (sulfide) groups is 1. The third kappa shape index (κ3) is 4.53. The highest BCUT2D eigenvalue weighted by atomic mass is 35.5. The van der Waals surface area contributed by atoms with Gasteiger partial charge < -0.3 is 9.88 Å². The number of fused-ring (bicyclic) bond motifs is 1. The number of nitrogens with one attached hydrogen (secondary N) is 1. The molecule has 0 unspecified atom stereocenters. The Labute approximate surface area is 188 Å². The van der Waals surface area contributed by atoms with Gasteiger partial charge in [-0.05, 0) is 48.9 Å². The molecule has 30 heavy (non-hydrogen) atoms. The summed E-state index contributed by atoms with van der Waals surface area (Å²) in [7, 11) is 1.90. The number of thiophene rings is 1. The number of aromatic nitrogens is 3. The zero-order valence-corrected chi connectivity index (χ0v) is 18.8. The van der Waals surface area contributed by atoms with Crippen molar-refractivity contribution < 1.29 is 4.79 Å². The van der Waals surface area contributed by atoms with E-state index in [1.165, 1.54) is 28.0 Å². The predicted octanol–water partition coefficient (Wildman–Crippen LogP) is 4.60. The minimum Gasteiger partial charge on any atom is -0.316 e. The van der Waals surface area contributed by atoms with Crippen molar-refractivity contribution in [3.8, 4) is 6.07 Å². The fraction of sp³-hybridized carbons (Fsp3) is 0.333. The summed E-state index contributed by atoms with van der Waals surface area (Å²) in [5.41, 5.74) is 2.85. The van der Waals surface area contributed by atoms with Crippen LogP contribution in [0, 0.1) is 11.3 Å². The number of aryl methyl sites for hydroxylation is 1. The molecule has 1 amide bonds. The Morgan fingerprint density at radius 1 is 1.30 bits per heavy atom. The monoisotopic (exact) mass is 457 g/mol. The Morgan fingerprint density at radius 2 is 2.07 bits per heavy atom. The summed E-state index contributed by atoms with van der Waals surface area (Å²) in [6.07, 6.45) is 4.81. The van der Waals surface area contributed by atoms with Gasteiger partial charge in [0.1, 0.15) is 16.9 Å². The minimum atomic E-state index is -0.141. The summed E-state index contributed by atoms with van der Waals surface area (Å²) in [6, 6.07) is 9.91. The molecule has 9 heteroatoms. The van der Waals surface area contributed by atoms with E-state index in [2.05, 4.69) is 21.6 Å². The van der Waals surface area contributed by atoms with Gasteiger partial charge in [-0.3, -0.25) is 4.79 Å². The van der Waals surface area contributed by atoms with E-state index in [0.717, 1.165) is 42.6 Å².